The Bertz CT molecular complexity index is 455. The molecule has 0 heteroatoms. The van der Waals surface area contributed by atoms with Gasteiger partial charge in [0.1, 0.15) is 0 Å². The molecule has 2 saturated carbocycles. The average Bonchev–Trinajstić information content (AvgIpc) is 2.65. The van der Waals surface area contributed by atoms with E-state index in [1.165, 1.54) is 69.8 Å². The monoisotopic (exact) mass is 326 g/mol. The Hall–Kier alpha value is -0.780. The molecule has 0 aliphatic heterocycles. The van der Waals surface area contributed by atoms with Crippen molar-refractivity contribution in [2.45, 2.75) is 90.9 Å². The maximum absolute atomic E-state index is 2.38. The van der Waals surface area contributed by atoms with Gasteiger partial charge >= 0.3 is 0 Å². The highest BCUT2D eigenvalue weighted by Crippen LogP contribution is 2.39. The van der Waals surface area contributed by atoms with Crippen LogP contribution in [0.25, 0.3) is 0 Å². The summed E-state index contributed by atoms with van der Waals surface area (Å²) in [5.41, 5.74) is 3.04. The number of benzene rings is 1. The standard InChI is InChI=1S/C24H38/c1-3-19-5-9-21(10-6-19)17-23-13-15-24(16-14-23)18-22-11-7-20(4-2)8-12-22/h5-6,9-10,20,22-24H,3-4,7-8,11-18H2,1-2H3. The first-order valence-electron chi connectivity index (χ1n) is 10.8. The van der Waals surface area contributed by atoms with Crippen molar-refractivity contribution in [1.82, 2.24) is 0 Å². The van der Waals surface area contributed by atoms with Crippen LogP contribution < -0.4 is 0 Å². The van der Waals surface area contributed by atoms with Gasteiger partial charge in [0, 0.05) is 0 Å². The van der Waals surface area contributed by atoms with E-state index < -0.39 is 0 Å². The van der Waals surface area contributed by atoms with Crippen molar-refractivity contribution in [2.75, 3.05) is 0 Å². The van der Waals surface area contributed by atoms with Crippen molar-refractivity contribution >= 4 is 0 Å². The van der Waals surface area contributed by atoms with Crippen molar-refractivity contribution in [3.05, 3.63) is 35.4 Å². The van der Waals surface area contributed by atoms with E-state index in [1.54, 1.807) is 12.0 Å². The minimum absolute atomic E-state index is 0.949. The summed E-state index contributed by atoms with van der Waals surface area (Å²) in [7, 11) is 0. The second-order valence-corrected chi connectivity index (χ2v) is 8.79. The molecule has 0 atom stereocenters. The predicted molar refractivity (Wildman–Crippen MR) is 105 cm³/mol. The van der Waals surface area contributed by atoms with Crippen LogP contribution in [0.4, 0.5) is 0 Å². The molecule has 1 aromatic carbocycles. The van der Waals surface area contributed by atoms with Crippen LogP contribution in [0.2, 0.25) is 0 Å². The Balaban J connectivity index is 1.37. The molecule has 24 heavy (non-hydrogen) atoms. The third kappa shape index (κ3) is 5.11. The summed E-state index contributed by atoms with van der Waals surface area (Å²) in [6, 6.07) is 9.40. The molecular formula is C24H38. The summed E-state index contributed by atoms with van der Waals surface area (Å²) in [5.74, 6) is 4.11. The molecule has 0 heterocycles. The zero-order valence-electron chi connectivity index (χ0n) is 16.1. The van der Waals surface area contributed by atoms with Crippen LogP contribution in [0.5, 0.6) is 0 Å². The molecule has 0 amide bonds. The lowest BCUT2D eigenvalue weighted by molar-refractivity contribution is 0.189. The highest BCUT2D eigenvalue weighted by Gasteiger charge is 2.26. The summed E-state index contributed by atoms with van der Waals surface area (Å²) < 4.78 is 0. The van der Waals surface area contributed by atoms with Gasteiger partial charge in [-0.1, -0.05) is 83.1 Å². The largest absolute Gasteiger partial charge is 0.0651 e. The van der Waals surface area contributed by atoms with Crippen LogP contribution in [-0.2, 0) is 12.8 Å². The first kappa shape index (κ1) is 18.0. The Morgan fingerprint density at radius 3 is 1.58 bits per heavy atom. The van der Waals surface area contributed by atoms with Gasteiger partial charge in [0.15, 0.2) is 0 Å². The number of hydrogen-bond donors (Lipinski definition) is 0. The van der Waals surface area contributed by atoms with Gasteiger partial charge in [0.05, 0.1) is 0 Å². The molecule has 0 bridgehead atoms. The topological polar surface area (TPSA) is 0 Å². The summed E-state index contributed by atoms with van der Waals surface area (Å²) in [6.07, 6.45) is 17.5. The molecule has 0 radical (unpaired) electrons. The van der Waals surface area contributed by atoms with E-state index in [-0.39, 0.29) is 0 Å². The van der Waals surface area contributed by atoms with E-state index in [2.05, 4.69) is 38.1 Å². The van der Waals surface area contributed by atoms with E-state index >= 15 is 0 Å². The van der Waals surface area contributed by atoms with Gasteiger partial charge in [-0.15, -0.1) is 0 Å². The fourth-order valence-corrected chi connectivity index (χ4v) is 5.26. The summed E-state index contributed by atoms with van der Waals surface area (Å²) >= 11 is 0. The number of rotatable bonds is 6. The summed E-state index contributed by atoms with van der Waals surface area (Å²) in [5, 5.41) is 0. The van der Waals surface area contributed by atoms with E-state index in [0.29, 0.717) is 0 Å². The quantitative estimate of drug-likeness (QED) is 0.518. The fraction of sp³-hybridized carbons (Fsp3) is 0.750. The lowest BCUT2D eigenvalue weighted by Crippen LogP contribution is -2.21. The third-order valence-electron chi connectivity index (χ3n) is 7.13. The van der Waals surface area contributed by atoms with E-state index in [0.717, 1.165) is 30.1 Å². The first-order chi connectivity index (χ1) is 11.8. The minimum atomic E-state index is 0.949. The van der Waals surface area contributed by atoms with Crippen molar-refractivity contribution in [1.29, 1.82) is 0 Å². The molecule has 3 rings (SSSR count). The van der Waals surface area contributed by atoms with E-state index in [4.69, 9.17) is 0 Å². The highest BCUT2D eigenvalue weighted by molar-refractivity contribution is 5.22. The van der Waals surface area contributed by atoms with Crippen molar-refractivity contribution < 1.29 is 0 Å². The molecule has 1 aromatic rings. The second-order valence-electron chi connectivity index (χ2n) is 8.79. The Morgan fingerprint density at radius 2 is 1.08 bits per heavy atom. The fourth-order valence-electron chi connectivity index (χ4n) is 5.26. The van der Waals surface area contributed by atoms with Crippen LogP contribution in [0.15, 0.2) is 24.3 Å². The molecule has 0 unspecified atom stereocenters. The highest BCUT2D eigenvalue weighted by atomic mass is 14.3. The van der Waals surface area contributed by atoms with Gasteiger partial charge in [0.25, 0.3) is 0 Å². The van der Waals surface area contributed by atoms with Gasteiger partial charge < -0.3 is 0 Å². The van der Waals surface area contributed by atoms with Crippen LogP contribution in [0.3, 0.4) is 0 Å². The predicted octanol–water partition coefficient (Wildman–Crippen LogP) is 7.20. The smallest absolute Gasteiger partial charge is 0.0250 e. The molecule has 0 nitrogen and oxygen atoms in total. The Morgan fingerprint density at radius 1 is 0.625 bits per heavy atom. The lowest BCUT2D eigenvalue weighted by atomic mass is 9.72. The SMILES string of the molecule is CCc1ccc(CC2CCC(CC3CCC(CC)CC3)CC2)cc1. The van der Waals surface area contributed by atoms with Gasteiger partial charge in [0.2, 0.25) is 0 Å². The van der Waals surface area contributed by atoms with E-state index in [9.17, 15) is 0 Å². The third-order valence-corrected chi connectivity index (χ3v) is 7.13. The zero-order valence-corrected chi connectivity index (χ0v) is 16.1. The Kier molecular flexibility index (Phi) is 6.81. The van der Waals surface area contributed by atoms with Gasteiger partial charge in [-0.25, -0.2) is 0 Å². The maximum Gasteiger partial charge on any atom is -0.0250 e. The normalized spacial score (nSPS) is 31.1. The van der Waals surface area contributed by atoms with Gasteiger partial charge in [-0.2, -0.15) is 0 Å². The molecule has 0 saturated heterocycles. The molecule has 0 N–H and O–H groups in total. The molecule has 0 spiro atoms. The molecule has 2 aliphatic carbocycles. The zero-order chi connectivity index (χ0) is 16.8. The van der Waals surface area contributed by atoms with E-state index in [1.807, 2.05) is 0 Å². The number of aryl methyl sites for hydroxylation is 1. The summed E-state index contributed by atoms with van der Waals surface area (Å²) in [4.78, 5) is 0. The molecule has 2 aliphatic rings. The number of hydrogen-bond acceptors (Lipinski definition) is 0. The van der Waals surface area contributed by atoms with Crippen molar-refractivity contribution in [3.8, 4) is 0 Å². The molecule has 134 valence electrons. The van der Waals surface area contributed by atoms with Crippen LogP contribution in [-0.4, -0.2) is 0 Å². The van der Waals surface area contributed by atoms with Crippen molar-refractivity contribution in [2.24, 2.45) is 23.7 Å². The van der Waals surface area contributed by atoms with Crippen LogP contribution >= 0.6 is 0 Å². The average molecular weight is 327 g/mol. The first-order valence-corrected chi connectivity index (χ1v) is 10.8. The lowest BCUT2D eigenvalue weighted by Gasteiger charge is -2.34. The molecule has 0 aromatic heterocycles. The van der Waals surface area contributed by atoms with Crippen LogP contribution in [0, 0.1) is 23.7 Å². The summed E-state index contributed by atoms with van der Waals surface area (Å²) in [6.45, 7) is 4.62. The van der Waals surface area contributed by atoms with Gasteiger partial charge in [-0.05, 0) is 66.9 Å². The van der Waals surface area contributed by atoms with Crippen LogP contribution in [0.1, 0.15) is 89.2 Å². The van der Waals surface area contributed by atoms with Gasteiger partial charge in [-0.3, -0.25) is 0 Å². The minimum Gasteiger partial charge on any atom is -0.0651 e. The maximum atomic E-state index is 2.38. The Labute approximate surface area is 150 Å². The van der Waals surface area contributed by atoms with Crippen molar-refractivity contribution in [3.63, 3.8) is 0 Å². The second kappa shape index (κ2) is 9.07. The molecular weight excluding hydrogens is 288 g/mol. The molecule has 2 fully saturated rings.